The van der Waals surface area contributed by atoms with Crippen LogP contribution in [0.15, 0.2) is 28.2 Å². The number of thiophene rings is 1. The van der Waals surface area contributed by atoms with E-state index in [2.05, 4.69) is 0 Å². The Hall–Kier alpha value is -2.12. The SMILES string of the molecule is CCc1c(C)sc2nc(SCC(N)=O)n(-c3ccc(C)c(C)c3)c(=O)c12. The molecule has 0 spiro atoms. The third kappa shape index (κ3) is 3.29. The Morgan fingerprint density at radius 3 is 2.62 bits per heavy atom. The molecular weight excluding hydrogens is 366 g/mol. The zero-order valence-electron chi connectivity index (χ0n) is 15.3. The number of thioether (sulfide) groups is 1. The van der Waals surface area contributed by atoms with Gasteiger partial charge in [-0.1, -0.05) is 24.8 Å². The normalized spacial score (nSPS) is 11.2. The van der Waals surface area contributed by atoms with Gasteiger partial charge in [0.2, 0.25) is 5.91 Å². The van der Waals surface area contributed by atoms with E-state index in [1.165, 1.54) is 23.1 Å². The molecule has 0 saturated carbocycles. The van der Waals surface area contributed by atoms with Crippen molar-refractivity contribution in [2.24, 2.45) is 5.73 Å². The largest absolute Gasteiger partial charge is 0.369 e. The lowest BCUT2D eigenvalue weighted by Crippen LogP contribution is -2.23. The minimum atomic E-state index is -0.437. The maximum absolute atomic E-state index is 13.4. The van der Waals surface area contributed by atoms with Gasteiger partial charge in [0.15, 0.2) is 5.16 Å². The van der Waals surface area contributed by atoms with E-state index in [1.54, 1.807) is 4.57 Å². The van der Waals surface area contributed by atoms with Crippen LogP contribution in [-0.2, 0) is 11.2 Å². The first-order valence-electron chi connectivity index (χ1n) is 8.37. The molecule has 136 valence electrons. The summed E-state index contributed by atoms with van der Waals surface area (Å²) in [5, 5.41) is 1.17. The van der Waals surface area contributed by atoms with Gasteiger partial charge >= 0.3 is 0 Å². The maximum Gasteiger partial charge on any atom is 0.267 e. The summed E-state index contributed by atoms with van der Waals surface area (Å²) in [6.07, 6.45) is 0.781. The lowest BCUT2D eigenvalue weighted by molar-refractivity contribution is -0.115. The second-order valence-electron chi connectivity index (χ2n) is 6.23. The van der Waals surface area contributed by atoms with Crippen molar-refractivity contribution < 1.29 is 4.79 Å². The fourth-order valence-electron chi connectivity index (χ4n) is 2.95. The second-order valence-corrected chi connectivity index (χ2v) is 8.37. The van der Waals surface area contributed by atoms with E-state index in [1.807, 2.05) is 45.9 Å². The van der Waals surface area contributed by atoms with Crippen molar-refractivity contribution >= 4 is 39.2 Å². The highest BCUT2D eigenvalue weighted by atomic mass is 32.2. The highest BCUT2D eigenvalue weighted by Crippen LogP contribution is 2.30. The van der Waals surface area contributed by atoms with Crippen molar-refractivity contribution in [2.75, 3.05) is 5.75 Å². The number of hydrogen-bond donors (Lipinski definition) is 1. The van der Waals surface area contributed by atoms with Gasteiger partial charge in [0.05, 0.1) is 16.8 Å². The number of benzene rings is 1. The molecule has 5 nitrogen and oxygen atoms in total. The predicted octanol–water partition coefficient (Wildman–Crippen LogP) is 3.51. The number of fused-ring (bicyclic) bond motifs is 1. The van der Waals surface area contributed by atoms with Crippen molar-refractivity contribution in [3.05, 3.63) is 50.1 Å². The second kappa shape index (κ2) is 7.25. The highest BCUT2D eigenvalue weighted by Gasteiger charge is 2.19. The van der Waals surface area contributed by atoms with Crippen LogP contribution in [0.2, 0.25) is 0 Å². The smallest absolute Gasteiger partial charge is 0.267 e. The summed E-state index contributed by atoms with van der Waals surface area (Å²) in [6.45, 7) is 8.10. The highest BCUT2D eigenvalue weighted by molar-refractivity contribution is 7.99. The van der Waals surface area contributed by atoms with Crippen molar-refractivity contribution in [1.82, 2.24) is 9.55 Å². The third-order valence-electron chi connectivity index (χ3n) is 4.44. The molecule has 0 saturated heterocycles. The van der Waals surface area contributed by atoms with Gasteiger partial charge in [0.1, 0.15) is 4.83 Å². The summed E-state index contributed by atoms with van der Waals surface area (Å²) in [6, 6.07) is 5.88. The van der Waals surface area contributed by atoms with Crippen molar-refractivity contribution in [3.8, 4) is 5.69 Å². The van der Waals surface area contributed by atoms with Crippen molar-refractivity contribution in [2.45, 2.75) is 39.3 Å². The van der Waals surface area contributed by atoms with Crippen molar-refractivity contribution in [1.29, 1.82) is 0 Å². The number of aromatic nitrogens is 2. The van der Waals surface area contributed by atoms with E-state index in [-0.39, 0.29) is 11.3 Å². The van der Waals surface area contributed by atoms with Gasteiger partial charge in [0.25, 0.3) is 5.56 Å². The first-order chi connectivity index (χ1) is 12.3. The first-order valence-corrected chi connectivity index (χ1v) is 10.2. The molecule has 0 unspecified atom stereocenters. The van der Waals surface area contributed by atoms with E-state index in [0.29, 0.717) is 10.5 Å². The van der Waals surface area contributed by atoms with E-state index in [4.69, 9.17) is 10.7 Å². The van der Waals surface area contributed by atoms with Gasteiger partial charge in [-0.15, -0.1) is 11.3 Å². The van der Waals surface area contributed by atoms with Gasteiger partial charge in [0, 0.05) is 4.88 Å². The monoisotopic (exact) mass is 387 g/mol. The number of carbonyl (C=O) groups excluding carboxylic acids is 1. The Bertz CT molecular complexity index is 1070. The molecular formula is C19H21N3O2S2. The Kier molecular flexibility index (Phi) is 5.20. The standard InChI is InChI=1S/C19H21N3O2S2/c1-5-14-12(4)26-17-16(14)18(24)22(19(21-17)25-9-15(20)23)13-7-6-10(2)11(3)8-13/h6-8H,5,9H2,1-4H3,(H2,20,23). The minimum Gasteiger partial charge on any atom is -0.369 e. The zero-order chi connectivity index (χ0) is 19.0. The molecule has 7 heteroatoms. The molecule has 0 atom stereocenters. The van der Waals surface area contributed by atoms with Crippen LogP contribution in [0.25, 0.3) is 15.9 Å². The zero-order valence-corrected chi connectivity index (χ0v) is 16.9. The number of nitrogens with two attached hydrogens (primary N) is 1. The van der Waals surface area contributed by atoms with Gasteiger partial charge in [-0.05, 0) is 56.0 Å². The molecule has 3 rings (SSSR count). The summed E-state index contributed by atoms with van der Waals surface area (Å²) in [4.78, 5) is 31.2. The average molecular weight is 388 g/mol. The van der Waals surface area contributed by atoms with E-state index in [9.17, 15) is 9.59 Å². The topological polar surface area (TPSA) is 78.0 Å². The van der Waals surface area contributed by atoms with Crippen LogP contribution in [-0.4, -0.2) is 21.2 Å². The lowest BCUT2D eigenvalue weighted by atomic mass is 10.1. The van der Waals surface area contributed by atoms with Crippen LogP contribution in [0, 0.1) is 20.8 Å². The molecule has 1 amide bonds. The van der Waals surface area contributed by atoms with E-state index >= 15 is 0 Å². The lowest BCUT2D eigenvalue weighted by Gasteiger charge is -2.13. The molecule has 26 heavy (non-hydrogen) atoms. The quantitative estimate of drug-likeness (QED) is 0.537. The van der Waals surface area contributed by atoms with Gasteiger partial charge in [-0.25, -0.2) is 4.98 Å². The summed E-state index contributed by atoms with van der Waals surface area (Å²) < 4.78 is 1.60. The van der Waals surface area contributed by atoms with Crippen LogP contribution in [0.4, 0.5) is 0 Å². The summed E-state index contributed by atoms with van der Waals surface area (Å²) >= 11 is 2.72. The Labute approximate surface area is 160 Å². The molecule has 1 aromatic carbocycles. The number of carbonyl (C=O) groups is 1. The van der Waals surface area contributed by atoms with Crippen LogP contribution in [0.3, 0.4) is 0 Å². The minimum absolute atomic E-state index is 0.0772. The maximum atomic E-state index is 13.4. The van der Waals surface area contributed by atoms with Gasteiger partial charge < -0.3 is 5.73 Å². The fourth-order valence-corrected chi connectivity index (χ4v) is 4.85. The van der Waals surface area contributed by atoms with Gasteiger partial charge in [-0.2, -0.15) is 0 Å². The molecule has 0 fully saturated rings. The predicted molar refractivity (Wildman–Crippen MR) is 109 cm³/mol. The molecule has 3 aromatic rings. The molecule has 0 radical (unpaired) electrons. The average Bonchev–Trinajstić information content (AvgIpc) is 2.91. The summed E-state index contributed by atoms with van der Waals surface area (Å²) in [5.74, 6) is -0.360. The van der Waals surface area contributed by atoms with Crippen LogP contribution < -0.4 is 11.3 Å². The van der Waals surface area contributed by atoms with Crippen LogP contribution in [0.5, 0.6) is 0 Å². The van der Waals surface area contributed by atoms with Crippen molar-refractivity contribution in [3.63, 3.8) is 0 Å². The molecule has 2 heterocycles. The Morgan fingerprint density at radius 1 is 1.27 bits per heavy atom. The number of amides is 1. The van der Waals surface area contributed by atoms with Gasteiger partial charge in [-0.3, -0.25) is 14.2 Å². The van der Waals surface area contributed by atoms with E-state index < -0.39 is 5.91 Å². The first kappa shape index (κ1) is 18.7. The molecule has 0 aliphatic heterocycles. The number of primary amides is 1. The molecule has 0 aliphatic carbocycles. The van der Waals surface area contributed by atoms with Crippen LogP contribution >= 0.6 is 23.1 Å². The molecule has 2 aromatic heterocycles. The van der Waals surface area contributed by atoms with Crippen LogP contribution in [0.1, 0.15) is 28.5 Å². The summed E-state index contributed by atoms with van der Waals surface area (Å²) in [5.41, 5.74) is 9.26. The molecule has 0 aliphatic rings. The fraction of sp³-hybridized carbons (Fsp3) is 0.316. The number of aryl methyl sites for hydroxylation is 4. The Balaban J connectivity index is 2.33. The van der Waals surface area contributed by atoms with E-state index in [0.717, 1.165) is 38.5 Å². The number of rotatable bonds is 5. The molecule has 0 bridgehead atoms. The number of nitrogens with zero attached hydrogens (tertiary/aromatic N) is 2. The Morgan fingerprint density at radius 2 is 2.00 bits per heavy atom. The number of hydrogen-bond acceptors (Lipinski definition) is 5. The third-order valence-corrected chi connectivity index (χ3v) is 6.44. The molecule has 2 N–H and O–H groups in total. The summed E-state index contributed by atoms with van der Waals surface area (Å²) in [7, 11) is 0.